The Labute approximate surface area is 153 Å². The number of nitrogens with zero attached hydrogens (tertiary/aromatic N) is 2. The number of aliphatic hydroxyl groups is 1. The molecular weight excluding hydrogens is 328 g/mol. The van der Waals surface area contributed by atoms with Gasteiger partial charge in [-0.2, -0.15) is 0 Å². The molecule has 3 heterocycles. The maximum atomic E-state index is 10.5. The minimum atomic E-state index is -0.349. The van der Waals surface area contributed by atoms with Gasteiger partial charge in [-0.1, -0.05) is 29.4 Å². The number of aromatic nitrogens is 1. The standard InChI is InChI=1S/C21H24N2O3/c1-14-9-18(26-22-14)10-17-12-23(13-20(17)24)11-16-5-3-4-6-19(16)21-8-7-15(2)25-21/h3-9,17,20,24H,10-13H2,1-2H3/t17-,20+/m1/s1. The van der Waals surface area contributed by atoms with E-state index in [4.69, 9.17) is 8.94 Å². The third kappa shape index (κ3) is 3.59. The lowest BCUT2D eigenvalue weighted by Crippen LogP contribution is -2.21. The fourth-order valence-corrected chi connectivity index (χ4v) is 3.76. The van der Waals surface area contributed by atoms with Crippen LogP contribution in [0.2, 0.25) is 0 Å². The Morgan fingerprint density at radius 1 is 1.15 bits per heavy atom. The predicted molar refractivity (Wildman–Crippen MR) is 98.6 cm³/mol. The van der Waals surface area contributed by atoms with Gasteiger partial charge in [0.15, 0.2) is 0 Å². The average molecular weight is 352 g/mol. The van der Waals surface area contributed by atoms with E-state index in [9.17, 15) is 5.11 Å². The lowest BCUT2D eigenvalue weighted by atomic mass is 10.0. The van der Waals surface area contributed by atoms with Crippen molar-refractivity contribution in [3.63, 3.8) is 0 Å². The molecule has 0 bridgehead atoms. The first kappa shape index (κ1) is 17.1. The van der Waals surface area contributed by atoms with Crippen molar-refractivity contribution in [1.82, 2.24) is 10.1 Å². The summed E-state index contributed by atoms with van der Waals surface area (Å²) < 4.78 is 11.1. The minimum Gasteiger partial charge on any atom is -0.461 e. The molecule has 0 spiro atoms. The Bertz CT molecular complexity index is 883. The summed E-state index contributed by atoms with van der Waals surface area (Å²) in [5.74, 6) is 2.82. The number of furan rings is 1. The van der Waals surface area contributed by atoms with Gasteiger partial charge in [0.05, 0.1) is 11.8 Å². The second-order valence-electron chi connectivity index (χ2n) is 7.23. The maximum Gasteiger partial charge on any atom is 0.137 e. The van der Waals surface area contributed by atoms with Crippen molar-refractivity contribution in [2.75, 3.05) is 13.1 Å². The van der Waals surface area contributed by atoms with Crippen LogP contribution in [0.25, 0.3) is 11.3 Å². The van der Waals surface area contributed by atoms with Gasteiger partial charge in [0.1, 0.15) is 17.3 Å². The molecule has 4 rings (SSSR count). The van der Waals surface area contributed by atoms with Crippen molar-refractivity contribution >= 4 is 0 Å². The number of aryl methyl sites for hydroxylation is 2. The number of β-amino-alcohol motifs (C(OH)–C–C–N with tert-alkyl or cyclic N) is 1. The number of benzene rings is 1. The van der Waals surface area contributed by atoms with Crippen LogP contribution in [0.4, 0.5) is 0 Å². The summed E-state index contributed by atoms with van der Waals surface area (Å²) in [5.41, 5.74) is 3.21. The molecular formula is C21H24N2O3. The van der Waals surface area contributed by atoms with Crippen molar-refractivity contribution in [3.8, 4) is 11.3 Å². The zero-order valence-corrected chi connectivity index (χ0v) is 15.2. The van der Waals surface area contributed by atoms with Crippen LogP contribution < -0.4 is 0 Å². The number of rotatable bonds is 5. The topological polar surface area (TPSA) is 62.6 Å². The summed E-state index contributed by atoms with van der Waals surface area (Å²) in [7, 11) is 0. The molecule has 2 atom stereocenters. The molecule has 1 N–H and O–H groups in total. The first-order chi connectivity index (χ1) is 12.6. The van der Waals surface area contributed by atoms with Crippen molar-refractivity contribution in [3.05, 3.63) is 65.2 Å². The second-order valence-corrected chi connectivity index (χ2v) is 7.23. The number of aliphatic hydroxyl groups excluding tert-OH is 1. The first-order valence-electron chi connectivity index (χ1n) is 9.06. The SMILES string of the molecule is Cc1cc(C[C@@H]2CN(Cc3ccccc3-c3ccc(C)o3)C[C@@H]2O)on1. The third-order valence-corrected chi connectivity index (χ3v) is 5.04. The number of likely N-dealkylation sites (tertiary alicyclic amines) is 1. The lowest BCUT2D eigenvalue weighted by molar-refractivity contribution is 0.137. The van der Waals surface area contributed by atoms with Gasteiger partial charge in [0, 0.05) is 43.6 Å². The van der Waals surface area contributed by atoms with Crippen molar-refractivity contribution in [1.29, 1.82) is 0 Å². The zero-order chi connectivity index (χ0) is 18.1. The highest BCUT2D eigenvalue weighted by Crippen LogP contribution is 2.29. The van der Waals surface area contributed by atoms with Crippen LogP contribution in [-0.4, -0.2) is 34.4 Å². The Hall–Kier alpha value is -2.37. The van der Waals surface area contributed by atoms with Crippen LogP contribution in [0.15, 0.2) is 51.4 Å². The van der Waals surface area contributed by atoms with Crippen LogP contribution in [0, 0.1) is 19.8 Å². The van der Waals surface area contributed by atoms with Crippen molar-refractivity contribution in [2.24, 2.45) is 5.92 Å². The normalized spacial score (nSPS) is 20.7. The molecule has 0 unspecified atom stereocenters. The van der Waals surface area contributed by atoms with Gasteiger partial charge in [-0.3, -0.25) is 4.90 Å². The van der Waals surface area contributed by atoms with E-state index in [1.54, 1.807) is 0 Å². The molecule has 0 saturated carbocycles. The molecule has 1 fully saturated rings. The molecule has 0 amide bonds. The van der Waals surface area contributed by atoms with E-state index in [0.717, 1.165) is 48.0 Å². The quantitative estimate of drug-likeness (QED) is 0.760. The molecule has 1 saturated heterocycles. The second kappa shape index (κ2) is 7.09. The molecule has 2 aromatic heterocycles. The number of hydrogen-bond donors (Lipinski definition) is 1. The minimum absolute atomic E-state index is 0.167. The Morgan fingerprint density at radius 3 is 2.73 bits per heavy atom. The summed E-state index contributed by atoms with van der Waals surface area (Å²) in [5, 5.41) is 14.4. The molecule has 1 aromatic carbocycles. The molecule has 5 heteroatoms. The monoisotopic (exact) mass is 352 g/mol. The Balaban J connectivity index is 1.47. The summed E-state index contributed by atoms with van der Waals surface area (Å²) >= 11 is 0. The fraction of sp³-hybridized carbons (Fsp3) is 0.381. The van der Waals surface area contributed by atoms with Gasteiger partial charge in [-0.25, -0.2) is 0 Å². The van der Waals surface area contributed by atoms with E-state index >= 15 is 0 Å². The van der Waals surface area contributed by atoms with Gasteiger partial charge in [-0.05, 0) is 31.5 Å². The molecule has 1 aliphatic heterocycles. The molecule has 3 aromatic rings. The summed E-state index contributed by atoms with van der Waals surface area (Å²) in [6.07, 6.45) is 0.371. The van der Waals surface area contributed by atoms with Gasteiger partial charge in [0.2, 0.25) is 0 Å². The van der Waals surface area contributed by atoms with Crippen LogP contribution in [0.1, 0.15) is 22.8 Å². The van der Waals surface area contributed by atoms with Crippen LogP contribution >= 0.6 is 0 Å². The molecule has 0 radical (unpaired) electrons. The lowest BCUT2D eigenvalue weighted by Gasteiger charge is -2.17. The van der Waals surface area contributed by atoms with E-state index < -0.39 is 0 Å². The van der Waals surface area contributed by atoms with Gasteiger partial charge in [0.25, 0.3) is 0 Å². The molecule has 136 valence electrons. The fourth-order valence-electron chi connectivity index (χ4n) is 3.76. The van der Waals surface area contributed by atoms with Crippen LogP contribution in [0.5, 0.6) is 0 Å². The van der Waals surface area contributed by atoms with E-state index in [1.807, 2.05) is 38.1 Å². The highest BCUT2D eigenvalue weighted by Gasteiger charge is 2.32. The molecule has 1 aliphatic rings. The van der Waals surface area contributed by atoms with Gasteiger partial charge < -0.3 is 14.0 Å². The smallest absolute Gasteiger partial charge is 0.137 e. The van der Waals surface area contributed by atoms with Crippen molar-refractivity contribution in [2.45, 2.75) is 32.9 Å². The Kier molecular flexibility index (Phi) is 4.66. The third-order valence-electron chi connectivity index (χ3n) is 5.04. The molecule has 5 nitrogen and oxygen atoms in total. The van der Waals surface area contributed by atoms with Crippen molar-refractivity contribution < 1.29 is 14.0 Å². The zero-order valence-electron chi connectivity index (χ0n) is 15.2. The highest BCUT2D eigenvalue weighted by atomic mass is 16.5. The first-order valence-corrected chi connectivity index (χ1v) is 9.06. The largest absolute Gasteiger partial charge is 0.461 e. The predicted octanol–water partition coefficient (Wildman–Crippen LogP) is 3.59. The molecule has 26 heavy (non-hydrogen) atoms. The average Bonchev–Trinajstić information content (AvgIpc) is 3.31. The van der Waals surface area contributed by atoms with E-state index in [-0.39, 0.29) is 12.0 Å². The van der Waals surface area contributed by atoms with E-state index in [0.29, 0.717) is 6.54 Å². The summed E-state index contributed by atoms with van der Waals surface area (Å²) in [6.45, 7) is 6.17. The van der Waals surface area contributed by atoms with Crippen LogP contribution in [0.3, 0.4) is 0 Å². The molecule has 0 aliphatic carbocycles. The van der Waals surface area contributed by atoms with Gasteiger partial charge >= 0.3 is 0 Å². The summed E-state index contributed by atoms with van der Waals surface area (Å²) in [4.78, 5) is 2.30. The van der Waals surface area contributed by atoms with E-state index in [2.05, 4.69) is 28.3 Å². The summed E-state index contributed by atoms with van der Waals surface area (Å²) in [6, 6.07) is 14.3. The van der Waals surface area contributed by atoms with Crippen LogP contribution in [-0.2, 0) is 13.0 Å². The van der Waals surface area contributed by atoms with E-state index in [1.165, 1.54) is 5.56 Å². The maximum absolute atomic E-state index is 10.5. The highest BCUT2D eigenvalue weighted by molar-refractivity contribution is 5.62. The van der Waals surface area contributed by atoms with Gasteiger partial charge in [-0.15, -0.1) is 0 Å². The Morgan fingerprint density at radius 2 is 2.00 bits per heavy atom. The number of hydrogen-bond acceptors (Lipinski definition) is 5.